The third-order valence-electron chi connectivity index (χ3n) is 6.42. The summed E-state index contributed by atoms with van der Waals surface area (Å²) < 4.78 is 5.44. The summed E-state index contributed by atoms with van der Waals surface area (Å²) in [4.78, 5) is 40.7. The molecule has 3 amide bonds. The van der Waals surface area contributed by atoms with Gasteiger partial charge in [0.15, 0.2) is 0 Å². The molecule has 8 heteroatoms. The number of piperidine rings is 1. The average molecular weight is 400 g/mol. The van der Waals surface area contributed by atoms with Gasteiger partial charge >= 0.3 is 0 Å². The van der Waals surface area contributed by atoms with Gasteiger partial charge in [0, 0.05) is 50.3 Å². The molecule has 0 saturated carbocycles. The number of rotatable bonds is 5. The van der Waals surface area contributed by atoms with E-state index in [0.717, 1.165) is 24.1 Å². The predicted molar refractivity (Wildman–Crippen MR) is 106 cm³/mol. The Bertz CT molecular complexity index is 857. The van der Waals surface area contributed by atoms with Crippen LogP contribution in [0.3, 0.4) is 0 Å². The lowest BCUT2D eigenvalue weighted by atomic mass is 9.97. The van der Waals surface area contributed by atoms with Gasteiger partial charge in [-0.3, -0.25) is 24.6 Å². The van der Waals surface area contributed by atoms with Crippen LogP contribution < -0.4 is 11.1 Å². The van der Waals surface area contributed by atoms with Crippen LogP contribution in [0.4, 0.5) is 0 Å². The molecule has 3 aliphatic rings. The highest BCUT2D eigenvalue weighted by atomic mass is 16.5. The molecule has 1 aromatic rings. The number of amides is 3. The Morgan fingerprint density at radius 3 is 2.83 bits per heavy atom. The molecule has 0 spiro atoms. The van der Waals surface area contributed by atoms with E-state index in [1.165, 1.54) is 0 Å². The van der Waals surface area contributed by atoms with Crippen LogP contribution >= 0.6 is 0 Å². The molecule has 0 bridgehead atoms. The van der Waals surface area contributed by atoms with Crippen molar-refractivity contribution in [3.63, 3.8) is 0 Å². The number of benzene rings is 1. The highest BCUT2D eigenvalue weighted by molar-refractivity contribution is 6.05. The Labute approximate surface area is 170 Å². The molecule has 3 atom stereocenters. The number of methoxy groups -OCH3 is 1. The van der Waals surface area contributed by atoms with Crippen molar-refractivity contribution in [1.29, 1.82) is 0 Å². The Hall–Kier alpha value is -2.29. The van der Waals surface area contributed by atoms with Crippen LogP contribution in [0.25, 0.3) is 0 Å². The molecule has 3 unspecified atom stereocenters. The number of nitrogens with zero attached hydrogens (tertiary/aromatic N) is 2. The molecular formula is C21H28N4O4. The Morgan fingerprint density at radius 2 is 2.10 bits per heavy atom. The van der Waals surface area contributed by atoms with Crippen LogP contribution in [0.15, 0.2) is 18.2 Å². The maximum Gasteiger partial charge on any atom is 0.255 e. The van der Waals surface area contributed by atoms with Crippen LogP contribution in [-0.2, 0) is 27.4 Å². The first-order chi connectivity index (χ1) is 13.8. The number of carbonyl (C=O) groups is 3. The SMILES string of the molecule is COCC1(C)CC(N)CN1Cc1cccc2c1CN(C1CCC(=O)NC1=O)C2=O. The third kappa shape index (κ3) is 3.56. The first-order valence-electron chi connectivity index (χ1n) is 10.1. The zero-order valence-corrected chi connectivity index (χ0v) is 16.9. The first-order valence-corrected chi connectivity index (χ1v) is 10.1. The van der Waals surface area contributed by atoms with Crippen LogP contribution in [0.2, 0.25) is 0 Å². The fraction of sp³-hybridized carbons (Fsp3) is 0.571. The average Bonchev–Trinajstić information content (AvgIpc) is 3.13. The van der Waals surface area contributed by atoms with Crippen LogP contribution in [0.1, 0.15) is 47.7 Å². The molecule has 0 aromatic heterocycles. The minimum Gasteiger partial charge on any atom is -0.383 e. The summed E-state index contributed by atoms with van der Waals surface area (Å²) in [5.74, 6) is -0.810. The number of carbonyl (C=O) groups excluding carboxylic acids is 3. The summed E-state index contributed by atoms with van der Waals surface area (Å²) in [6.07, 6.45) is 1.48. The van der Waals surface area contributed by atoms with Crippen molar-refractivity contribution in [3.05, 3.63) is 34.9 Å². The molecule has 3 heterocycles. The number of ether oxygens (including phenoxy) is 1. The van der Waals surface area contributed by atoms with Crippen molar-refractivity contribution >= 4 is 17.7 Å². The van der Waals surface area contributed by atoms with Crippen molar-refractivity contribution in [2.75, 3.05) is 20.3 Å². The molecular weight excluding hydrogens is 372 g/mol. The third-order valence-corrected chi connectivity index (χ3v) is 6.42. The zero-order valence-electron chi connectivity index (χ0n) is 16.9. The second kappa shape index (κ2) is 7.51. The number of likely N-dealkylation sites (tertiary alicyclic amines) is 1. The minimum absolute atomic E-state index is 0.0912. The van der Waals surface area contributed by atoms with Crippen molar-refractivity contribution in [2.45, 2.75) is 56.9 Å². The maximum absolute atomic E-state index is 13.0. The number of imide groups is 1. The van der Waals surface area contributed by atoms with E-state index in [2.05, 4.69) is 17.1 Å². The molecule has 2 saturated heterocycles. The fourth-order valence-corrected chi connectivity index (χ4v) is 4.98. The number of nitrogens with two attached hydrogens (primary N) is 1. The van der Waals surface area contributed by atoms with Gasteiger partial charge in [0.1, 0.15) is 6.04 Å². The summed E-state index contributed by atoms with van der Waals surface area (Å²) in [5.41, 5.74) is 8.76. The van der Waals surface area contributed by atoms with Gasteiger partial charge in [0.2, 0.25) is 11.8 Å². The van der Waals surface area contributed by atoms with Crippen molar-refractivity contribution in [1.82, 2.24) is 15.1 Å². The largest absolute Gasteiger partial charge is 0.383 e. The van der Waals surface area contributed by atoms with Gasteiger partial charge < -0.3 is 15.4 Å². The first kappa shape index (κ1) is 20.0. The number of fused-ring (bicyclic) bond motifs is 1. The standard InChI is InChI=1S/C21H28N4O4/c1-21(12-29-2)8-14(22)10-24(21)9-13-4-3-5-15-16(13)11-25(20(15)28)17-6-7-18(26)23-19(17)27/h3-5,14,17H,6-12,22H2,1-2H3,(H,23,26,27). The van der Waals surface area contributed by atoms with E-state index >= 15 is 0 Å². The lowest BCUT2D eigenvalue weighted by Gasteiger charge is -2.35. The number of hydrogen-bond donors (Lipinski definition) is 2. The van der Waals surface area contributed by atoms with Crippen LogP contribution in [0, 0.1) is 0 Å². The molecule has 4 rings (SSSR count). The van der Waals surface area contributed by atoms with Crippen molar-refractivity contribution < 1.29 is 19.1 Å². The topological polar surface area (TPSA) is 105 Å². The molecule has 156 valence electrons. The van der Waals surface area contributed by atoms with Gasteiger partial charge in [0.05, 0.1) is 6.61 Å². The quantitative estimate of drug-likeness (QED) is 0.693. The summed E-state index contributed by atoms with van der Waals surface area (Å²) in [6, 6.07) is 5.24. The number of nitrogens with one attached hydrogen (secondary N) is 1. The van der Waals surface area contributed by atoms with Gasteiger partial charge in [-0.2, -0.15) is 0 Å². The minimum atomic E-state index is -0.598. The Balaban J connectivity index is 1.57. The van der Waals surface area contributed by atoms with Gasteiger partial charge in [-0.1, -0.05) is 12.1 Å². The second-order valence-corrected chi connectivity index (χ2v) is 8.62. The summed E-state index contributed by atoms with van der Waals surface area (Å²) >= 11 is 0. The highest BCUT2D eigenvalue weighted by Gasteiger charge is 2.43. The van der Waals surface area contributed by atoms with E-state index in [1.807, 2.05) is 18.2 Å². The van der Waals surface area contributed by atoms with E-state index in [0.29, 0.717) is 31.7 Å². The Kier molecular flexibility index (Phi) is 5.18. The molecule has 3 aliphatic heterocycles. The molecule has 3 N–H and O–H groups in total. The normalized spacial score (nSPS) is 30.0. The van der Waals surface area contributed by atoms with E-state index in [9.17, 15) is 14.4 Å². The van der Waals surface area contributed by atoms with Crippen LogP contribution in [0.5, 0.6) is 0 Å². The molecule has 8 nitrogen and oxygen atoms in total. The zero-order chi connectivity index (χ0) is 20.8. The predicted octanol–water partition coefficient (Wildman–Crippen LogP) is 0.386. The van der Waals surface area contributed by atoms with Crippen LogP contribution in [-0.4, -0.2) is 65.4 Å². The molecule has 2 fully saturated rings. The van der Waals surface area contributed by atoms with E-state index in [-0.39, 0.29) is 35.7 Å². The maximum atomic E-state index is 13.0. The van der Waals surface area contributed by atoms with Gasteiger partial charge in [0.25, 0.3) is 5.91 Å². The van der Waals surface area contributed by atoms with Gasteiger partial charge in [-0.15, -0.1) is 0 Å². The summed E-state index contributed by atoms with van der Waals surface area (Å²) in [5, 5.41) is 2.35. The van der Waals surface area contributed by atoms with E-state index in [1.54, 1.807) is 12.0 Å². The summed E-state index contributed by atoms with van der Waals surface area (Å²) in [6.45, 7) is 4.59. The van der Waals surface area contributed by atoms with Crippen molar-refractivity contribution in [2.24, 2.45) is 5.73 Å². The van der Waals surface area contributed by atoms with Gasteiger partial charge in [-0.05, 0) is 37.0 Å². The fourth-order valence-electron chi connectivity index (χ4n) is 4.98. The summed E-state index contributed by atoms with van der Waals surface area (Å²) in [7, 11) is 1.70. The van der Waals surface area contributed by atoms with E-state index in [4.69, 9.17) is 10.5 Å². The monoisotopic (exact) mass is 400 g/mol. The lowest BCUT2D eigenvalue weighted by molar-refractivity contribution is -0.136. The smallest absolute Gasteiger partial charge is 0.255 e. The molecule has 1 aromatic carbocycles. The van der Waals surface area contributed by atoms with Crippen molar-refractivity contribution in [3.8, 4) is 0 Å². The van der Waals surface area contributed by atoms with E-state index < -0.39 is 6.04 Å². The Morgan fingerprint density at radius 1 is 1.31 bits per heavy atom. The molecule has 0 aliphatic carbocycles. The number of hydrogen-bond acceptors (Lipinski definition) is 6. The van der Waals surface area contributed by atoms with Gasteiger partial charge in [-0.25, -0.2) is 0 Å². The highest BCUT2D eigenvalue weighted by Crippen LogP contribution is 2.34. The lowest BCUT2D eigenvalue weighted by Crippen LogP contribution is -2.52. The second-order valence-electron chi connectivity index (χ2n) is 8.62. The molecule has 0 radical (unpaired) electrons. The molecule has 29 heavy (non-hydrogen) atoms.